The monoisotopic (exact) mass is 395 g/mol. The number of halogens is 1. The molecule has 0 saturated carbocycles. The van der Waals surface area contributed by atoms with E-state index in [-0.39, 0.29) is 0 Å². The van der Waals surface area contributed by atoms with Gasteiger partial charge in [-0.15, -0.1) is 0 Å². The van der Waals surface area contributed by atoms with Crippen LogP contribution in [0.2, 0.25) is 0 Å². The molecule has 1 heterocycles. The molecule has 0 saturated heterocycles. The summed E-state index contributed by atoms with van der Waals surface area (Å²) in [4.78, 5) is 4.54. The van der Waals surface area contributed by atoms with Crippen molar-refractivity contribution in [2.45, 2.75) is 6.54 Å². The zero-order valence-electron chi connectivity index (χ0n) is 12.7. The van der Waals surface area contributed by atoms with Gasteiger partial charge >= 0.3 is 0 Å². The molecule has 5 heteroatoms. The Bertz CT molecular complexity index is 1070. The molecule has 0 unspecified atom stereocenters. The molecule has 118 valence electrons. The second-order valence-corrected chi connectivity index (χ2v) is 6.73. The van der Waals surface area contributed by atoms with Crippen LogP contribution in [0.3, 0.4) is 0 Å². The second-order valence-electron chi connectivity index (χ2n) is 5.57. The predicted molar refractivity (Wildman–Crippen MR) is 104 cm³/mol. The number of nitrogens with zero attached hydrogens (tertiary/aromatic N) is 2. The summed E-state index contributed by atoms with van der Waals surface area (Å²) in [7, 11) is 0. The molecule has 1 N–H and O–H groups in total. The third kappa shape index (κ3) is 2.81. The number of hydrogen-bond acceptors (Lipinski definition) is 2. The van der Waals surface area contributed by atoms with Crippen LogP contribution < -0.4 is 0 Å². The Morgan fingerprint density at radius 2 is 1.71 bits per heavy atom. The Hall–Kier alpha value is -2.24. The molecule has 1 aromatic heterocycles. The number of rotatable bonds is 3. The van der Waals surface area contributed by atoms with Crippen LogP contribution in [0.15, 0.2) is 71.2 Å². The highest BCUT2D eigenvalue weighted by Crippen LogP contribution is 2.33. The Labute approximate surface area is 153 Å². The predicted octanol–water partition coefficient (Wildman–Crippen LogP) is 5.57. The van der Waals surface area contributed by atoms with Crippen LogP contribution in [0.4, 0.5) is 0 Å². The smallest absolute Gasteiger partial charge is 0.216 e. The van der Waals surface area contributed by atoms with E-state index in [1.54, 1.807) is 0 Å². The van der Waals surface area contributed by atoms with E-state index < -0.39 is 0 Å². The summed E-state index contributed by atoms with van der Waals surface area (Å²) in [6, 6.07) is 22.6. The lowest BCUT2D eigenvalue weighted by molar-refractivity contribution is 0.677. The summed E-state index contributed by atoms with van der Waals surface area (Å²) in [5, 5.41) is 5.67. The molecule has 0 radical (unpaired) electrons. The molecule has 0 spiro atoms. The maximum atomic E-state index is 5.42. The van der Waals surface area contributed by atoms with Crippen LogP contribution in [-0.4, -0.2) is 14.8 Å². The van der Waals surface area contributed by atoms with E-state index in [0.29, 0.717) is 11.3 Å². The van der Waals surface area contributed by atoms with Crippen LogP contribution in [0, 0.1) is 4.77 Å². The second kappa shape index (κ2) is 6.34. The van der Waals surface area contributed by atoms with Crippen LogP contribution in [0.5, 0.6) is 0 Å². The summed E-state index contributed by atoms with van der Waals surface area (Å²) in [6.45, 7) is 0.678. The summed E-state index contributed by atoms with van der Waals surface area (Å²) in [5.41, 5.74) is 2.19. The van der Waals surface area contributed by atoms with E-state index in [1.165, 1.54) is 10.9 Å². The van der Waals surface area contributed by atoms with Gasteiger partial charge in [-0.25, -0.2) is 0 Å². The normalized spacial score (nSPS) is 11.0. The average molecular weight is 396 g/mol. The zero-order chi connectivity index (χ0) is 16.5. The van der Waals surface area contributed by atoms with Crippen molar-refractivity contribution in [2.24, 2.45) is 0 Å². The number of benzene rings is 3. The summed E-state index contributed by atoms with van der Waals surface area (Å²) in [6.07, 6.45) is 0. The van der Waals surface area contributed by atoms with Crippen LogP contribution in [-0.2, 0) is 6.54 Å². The van der Waals surface area contributed by atoms with Crippen LogP contribution >= 0.6 is 28.1 Å². The minimum atomic E-state index is 0.550. The first-order valence-electron chi connectivity index (χ1n) is 7.61. The highest BCUT2D eigenvalue weighted by Gasteiger charge is 2.11. The average Bonchev–Trinajstić information content (AvgIpc) is 2.97. The van der Waals surface area contributed by atoms with Crippen molar-refractivity contribution in [2.75, 3.05) is 0 Å². The molecule has 4 rings (SSSR count). The summed E-state index contributed by atoms with van der Waals surface area (Å²) in [5.74, 6) is 0.772. The van der Waals surface area contributed by atoms with Gasteiger partial charge in [0.1, 0.15) is 0 Å². The van der Waals surface area contributed by atoms with Crippen molar-refractivity contribution in [1.82, 2.24) is 14.8 Å². The van der Waals surface area contributed by atoms with E-state index in [2.05, 4.69) is 62.4 Å². The minimum absolute atomic E-state index is 0.550. The molecule has 0 aliphatic carbocycles. The van der Waals surface area contributed by atoms with E-state index in [1.807, 2.05) is 35.0 Å². The van der Waals surface area contributed by atoms with Gasteiger partial charge in [0.2, 0.25) is 4.77 Å². The van der Waals surface area contributed by atoms with E-state index in [4.69, 9.17) is 12.2 Å². The number of aromatic nitrogens is 3. The Morgan fingerprint density at radius 1 is 0.958 bits per heavy atom. The summed E-state index contributed by atoms with van der Waals surface area (Å²) < 4.78 is 3.46. The lowest BCUT2D eigenvalue weighted by Crippen LogP contribution is -2.01. The number of nitrogens with one attached hydrogen (secondary N) is 1. The van der Waals surface area contributed by atoms with Gasteiger partial charge in [-0.3, -0.25) is 9.78 Å². The van der Waals surface area contributed by atoms with Gasteiger partial charge in [-0.2, -0.15) is 4.98 Å². The van der Waals surface area contributed by atoms with E-state index in [9.17, 15) is 0 Å². The van der Waals surface area contributed by atoms with Crippen molar-refractivity contribution in [1.29, 1.82) is 0 Å². The maximum absolute atomic E-state index is 5.42. The van der Waals surface area contributed by atoms with Crippen molar-refractivity contribution >= 4 is 38.9 Å². The first kappa shape index (κ1) is 15.3. The Kier molecular flexibility index (Phi) is 4.04. The Balaban J connectivity index is 1.77. The largest absolute Gasteiger partial charge is 0.279 e. The number of H-pyrrole nitrogens is 1. The molecular formula is C19H14BrN3S. The molecule has 3 nitrogen and oxygen atoms in total. The lowest BCUT2D eigenvalue weighted by Gasteiger charge is -2.06. The molecule has 0 aliphatic rings. The molecule has 0 fully saturated rings. The van der Waals surface area contributed by atoms with Gasteiger partial charge in [0.05, 0.1) is 6.54 Å². The summed E-state index contributed by atoms with van der Waals surface area (Å²) >= 11 is 9.13. The SMILES string of the molecule is S=c1nc(-c2ccc3ccccc3c2Br)[nH]n1Cc1ccccc1. The first-order valence-corrected chi connectivity index (χ1v) is 8.81. The molecular weight excluding hydrogens is 382 g/mol. The highest BCUT2D eigenvalue weighted by molar-refractivity contribution is 9.10. The third-order valence-electron chi connectivity index (χ3n) is 3.98. The maximum Gasteiger partial charge on any atom is 0.216 e. The molecule has 24 heavy (non-hydrogen) atoms. The van der Waals surface area contributed by atoms with Gasteiger partial charge in [0.25, 0.3) is 0 Å². The Morgan fingerprint density at radius 3 is 2.54 bits per heavy atom. The van der Waals surface area contributed by atoms with Gasteiger partial charge in [-0.1, -0.05) is 60.7 Å². The number of fused-ring (bicyclic) bond motifs is 1. The third-order valence-corrected chi connectivity index (χ3v) is 5.15. The molecule has 3 aromatic carbocycles. The van der Waals surface area contributed by atoms with Gasteiger partial charge in [0, 0.05) is 10.0 Å². The fourth-order valence-corrected chi connectivity index (χ4v) is 3.65. The quantitative estimate of drug-likeness (QED) is 0.459. The van der Waals surface area contributed by atoms with Crippen LogP contribution in [0.1, 0.15) is 5.56 Å². The topological polar surface area (TPSA) is 33.6 Å². The number of aromatic amines is 1. The molecule has 0 amide bonds. The molecule has 0 aliphatic heterocycles. The molecule has 4 aromatic rings. The van der Waals surface area contributed by atoms with Gasteiger partial charge in [0.15, 0.2) is 5.82 Å². The fraction of sp³-hybridized carbons (Fsp3) is 0.0526. The van der Waals surface area contributed by atoms with Gasteiger partial charge in [-0.05, 0) is 50.6 Å². The number of hydrogen-bond donors (Lipinski definition) is 1. The van der Waals surface area contributed by atoms with Crippen LogP contribution in [0.25, 0.3) is 22.2 Å². The minimum Gasteiger partial charge on any atom is -0.279 e. The lowest BCUT2D eigenvalue weighted by atomic mass is 10.1. The van der Waals surface area contributed by atoms with Crippen molar-refractivity contribution < 1.29 is 0 Å². The van der Waals surface area contributed by atoms with E-state index >= 15 is 0 Å². The first-order chi connectivity index (χ1) is 11.7. The fourth-order valence-electron chi connectivity index (χ4n) is 2.77. The van der Waals surface area contributed by atoms with Crippen molar-refractivity contribution in [3.8, 4) is 11.4 Å². The van der Waals surface area contributed by atoms with Crippen molar-refractivity contribution in [3.05, 3.63) is 81.5 Å². The molecule has 0 atom stereocenters. The standard InChI is InChI=1S/C19H14BrN3S/c20-17-15-9-5-4-8-14(15)10-11-16(17)18-21-19(24)23(22-18)12-13-6-2-1-3-7-13/h1-11H,12H2,(H,21,22,24). The van der Waals surface area contributed by atoms with Gasteiger partial charge < -0.3 is 0 Å². The zero-order valence-corrected chi connectivity index (χ0v) is 15.1. The van der Waals surface area contributed by atoms with E-state index in [0.717, 1.165) is 21.2 Å². The molecule has 0 bridgehead atoms. The van der Waals surface area contributed by atoms with Crippen molar-refractivity contribution in [3.63, 3.8) is 0 Å². The highest BCUT2D eigenvalue weighted by atomic mass is 79.9.